The first-order chi connectivity index (χ1) is 19.5. The van der Waals surface area contributed by atoms with Crippen molar-refractivity contribution >= 4 is 17.5 Å². The Balaban J connectivity index is 1.49. The molecule has 1 aliphatic carbocycles. The summed E-state index contributed by atoms with van der Waals surface area (Å²) < 4.78 is 13.0. The van der Waals surface area contributed by atoms with Crippen LogP contribution in [0, 0.1) is 0 Å². The molecule has 1 aliphatic heterocycles. The molecule has 9 nitrogen and oxygen atoms in total. The lowest BCUT2D eigenvalue weighted by Crippen LogP contribution is -2.43. The molecule has 2 aliphatic rings. The minimum absolute atomic E-state index is 0.00872. The van der Waals surface area contributed by atoms with E-state index in [0.717, 1.165) is 29.8 Å². The number of anilines is 1. The highest BCUT2D eigenvalue weighted by molar-refractivity contribution is 5.91. The Bertz CT molecular complexity index is 1120. The molecule has 40 heavy (non-hydrogen) atoms. The monoisotopic (exact) mass is 551 g/mol. The van der Waals surface area contributed by atoms with Gasteiger partial charge in [-0.1, -0.05) is 55.3 Å². The molecule has 2 fully saturated rings. The number of nitrogens with zero attached hydrogens (tertiary/aromatic N) is 1. The number of hydrogen-bond acceptors (Lipinski definition) is 7. The van der Waals surface area contributed by atoms with Crippen molar-refractivity contribution in [2.24, 2.45) is 0 Å². The number of hydroxylamine groups is 1. The van der Waals surface area contributed by atoms with Gasteiger partial charge >= 0.3 is 0 Å². The fourth-order valence-electron chi connectivity index (χ4n) is 5.55. The first kappa shape index (κ1) is 29.9. The fraction of sp³-hybridized carbons (Fsp3) is 0.484. The number of hydrogen-bond donors (Lipinski definition) is 4. The first-order valence-electron chi connectivity index (χ1n) is 14.2. The van der Waals surface area contributed by atoms with E-state index in [0.29, 0.717) is 24.6 Å². The smallest absolute Gasteiger partial charge is 0.243 e. The lowest BCUT2D eigenvalue weighted by atomic mass is 9.99. The predicted octanol–water partition coefficient (Wildman–Crippen LogP) is 4.77. The van der Waals surface area contributed by atoms with E-state index in [1.54, 1.807) is 11.5 Å². The van der Waals surface area contributed by atoms with E-state index in [1.165, 1.54) is 25.7 Å². The zero-order valence-corrected chi connectivity index (χ0v) is 23.0. The second kappa shape index (κ2) is 15.1. The van der Waals surface area contributed by atoms with Crippen LogP contribution in [0.2, 0.25) is 0 Å². The van der Waals surface area contributed by atoms with Crippen molar-refractivity contribution in [1.29, 1.82) is 0 Å². The van der Waals surface area contributed by atoms with Crippen LogP contribution in [0.4, 0.5) is 5.69 Å². The Morgan fingerprint density at radius 1 is 1.02 bits per heavy atom. The molecular formula is C31H41N3O6. The van der Waals surface area contributed by atoms with Crippen LogP contribution in [0.1, 0.15) is 80.5 Å². The number of aliphatic hydroxyl groups is 1. The maximum Gasteiger partial charge on any atom is 0.243 e. The molecule has 0 bridgehead atoms. The fourth-order valence-corrected chi connectivity index (χ4v) is 5.55. The van der Waals surface area contributed by atoms with Crippen LogP contribution < -0.4 is 10.8 Å². The summed E-state index contributed by atoms with van der Waals surface area (Å²) in [6.45, 7) is 5.56. The predicted molar refractivity (Wildman–Crippen MR) is 151 cm³/mol. The van der Waals surface area contributed by atoms with Gasteiger partial charge in [0.25, 0.3) is 0 Å². The number of amides is 2. The number of ether oxygens (including phenoxy) is 2. The zero-order chi connectivity index (χ0) is 28.3. The van der Waals surface area contributed by atoms with Gasteiger partial charge in [-0.05, 0) is 42.5 Å². The van der Waals surface area contributed by atoms with Crippen molar-refractivity contribution in [3.05, 3.63) is 77.9 Å². The Labute approximate surface area is 236 Å². The Kier molecular flexibility index (Phi) is 11.3. The van der Waals surface area contributed by atoms with Gasteiger partial charge in [0.15, 0.2) is 6.29 Å². The molecular weight excluding hydrogens is 510 g/mol. The SMILES string of the molecule is C=CCN(C[C@H]1C[C@@H](c2ccc(CO)cc2)O[C@@H](c2cccc(NC(=O)CCCC(=O)NO)c2)O1)C1CCCC1. The standard InChI is InChI=1S/C31H41N3O6/c1-2-17-34(26-9-3-4-10-26)20-27-19-28(23-15-13-22(21-35)14-16-23)40-31(39-27)24-7-5-8-25(18-24)32-29(36)11-6-12-30(37)33-38/h2,5,7-8,13-16,18,26-28,31,35,38H,1,3-4,6,9-12,17,19-21H2,(H,32,36)(H,33,37)/t27-,28+,31+/m1/s1. The van der Waals surface area contributed by atoms with Crippen LogP contribution in [0.25, 0.3) is 0 Å². The van der Waals surface area contributed by atoms with Crippen LogP contribution >= 0.6 is 0 Å². The summed E-state index contributed by atoms with van der Waals surface area (Å²) in [5.74, 6) is -0.735. The maximum atomic E-state index is 12.4. The summed E-state index contributed by atoms with van der Waals surface area (Å²) in [4.78, 5) is 26.1. The number of carbonyl (C=O) groups excluding carboxylic acids is 2. The molecule has 4 N–H and O–H groups in total. The molecule has 0 aromatic heterocycles. The van der Waals surface area contributed by atoms with E-state index in [-0.39, 0.29) is 37.6 Å². The molecule has 216 valence electrons. The Hall–Kier alpha value is -3.08. The molecule has 3 atom stereocenters. The normalized spacial score (nSPS) is 21.3. The van der Waals surface area contributed by atoms with E-state index < -0.39 is 12.2 Å². The molecule has 9 heteroatoms. The molecule has 0 radical (unpaired) electrons. The number of nitrogens with one attached hydrogen (secondary N) is 2. The van der Waals surface area contributed by atoms with E-state index in [9.17, 15) is 14.7 Å². The second-order valence-corrected chi connectivity index (χ2v) is 10.6. The Morgan fingerprint density at radius 3 is 2.48 bits per heavy atom. The van der Waals surface area contributed by atoms with E-state index in [4.69, 9.17) is 14.7 Å². The molecule has 2 amide bonds. The molecule has 4 rings (SSSR count). The van der Waals surface area contributed by atoms with Crippen molar-refractivity contribution < 1.29 is 29.4 Å². The van der Waals surface area contributed by atoms with Gasteiger partial charge in [0.2, 0.25) is 11.8 Å². The van der Waals surface area contributed by atoms with E-state index >= 15 is 0 Å². The van der Waals surface area contributed by atoms with Crippen molar-refractivity contribution in [2.45, 2.75) is 82.5 Å². The molecule has 0 spiro atoms. The number of benzene rings is 2. The summed E-state index contributed by atoms with van der Waals surface area (Å²) in [6.07, 6.45) is 7.22. The highest BCUT2D eigenvalue weighted by Gasteiger charge is 2.34. The highest BCUT2D eigenvalue weighted by atomic mass is 16.7. The van der Waals surface area contributed by atoms with Crippen molar-refractivity contribution in [3.63, 3.8) is 0 Å². The minimum atomic E-state index is -0.625. The largest absolute Gasteiger partial charge is 0.392 e. The quantitative estimate of drug-likeness (QED) is 0.161. The highest BCUT2D eigenvalue weighted by Crippen LogP contribution is 2.39. The molecule has 2 aromatic carbocycles. The average molecular weight is 552 g/mol. The van der Waals surface area contributed by atoms with Crippen LogP contribution in [0.5, 0.6) is 0 Å². The van der Waals surface area contributed by atoms with Crippen molar-refractivity contribution in [1.82, 2.24) is 10.4 Å². The van der Waals surface area contributed by atoms with Gasteiger partial charge in [-0.15, -0.1) is 6.58 Å². The minimum Gasteiger partial charge on any atom is -0.392 e. The summed E-state index contributed by atoms with van der Waals surface area (Å²) >= 11 is 0. The van der Waals surface area contributed by atoms with Gasteiger partial charge in [0.05, 0.1) is 18.8 Å². The third-order valence-corrected chi connectivity index (χ3v) is 7.63. The molecule has 1 saturated carbocycles. The van der Waals surface area contributed by atoms with Gasteiger partial charge in [0.1, 0.15) is 0 Å². The zero-order valence-electron chi connectivity index (χ0n) is 23.0. The lowest BCUT2D eigenvalue weighted by Gasteiger charge is -2.39. The van der Waals surface area contributed by atoms with E-state index in [1.807, 2.05) is 48.5 Å². The molecule has 1 saturated heterocycles. The number of carbonyl (C=O) groups is 2. The van der Waals surface area contributed by atoms with Gasteiger partial charge in [-0.2, -0.15) is 0 Å². The molecule has 1 heterocycles. The van der Waals surface area contributed by atoms with Crippen LogP contribution in [-0.2, 0) is 25.7 Å². The van der Waals surface area contributed by atoms with Crippen LogP contribution in [0.15, 0.2) is 61.2 Å². The van der Waals surface area contributed by atoms with E-state index in [2.05, 4.69) is 16.8 Å². The van der Waals surface area contributed by atoms with Crippen LogP contribution in [-0.4, -0.2) is 52.3 Å². The number of aliphatic hydroxyl groups excluding tert-OH is 1. The van der Waals surface area contributed by atoms with Gasteiger partial charge in [-0.25, -0.2) is 5.48 Å². The maximum absolute atomic E-state index is 12.4. The molecule has 2 aromatic rings. The first-order valence-corrected chi connectivity index (χ1v) is 14.2. The van der Waals surface area contributed by atoms with Crippen molar-refractivity contribution in [3.8, 4) is 0 Å². The van der Waals surface area contributed by atoms with Gasteiger partial charge in [0, 0.05) is 49.6 Å². The van der Waals surface area contributed by atoms with Crippen LogP contribution in [0.3, 0.4) is 0 Å². The third-order valence-electron chi connectivity index (χ3n) is 7.63. The second-order valence-electron chi connectivity index (χ2n) is 10.6. The summed E-state index contributed by atoms with van der Waals surface area (Å²) in [5.41, 5.74) is 4.87. The van der Waals surface area contributed by atoms with Gasteiger partial charge < -0.3 is 19.9 Å². The number of rotatable bonds is 13. The third kappa shape index (κ3) is 8.46. The Morgan fingerprint density at radius 2 is 1.77 bits per heavy atom. The van der Waals surface area contributed by atoms with Crippen molar-refractivity contribution in [2.75, 3.05) is 18.4 Å². The summed E-state index contributed by atoms with van der Waals surface area (Å²) in [5, 5.41) is 21.0. The summed E-state index contributed by atoms with van der Waals surface area (Å²) in [7, 11) is 0. The topological polar surface area (TPSA) is 120 Å². The summed E-state index contributed by atoms with van der Waals surface area (Å²) in [6, 6.07) is 15.8. The lowest BCUT2D eigenvalue weighted by molar-refractivity contribution is -0.253. The molecule has 0 unspecified atom stereocenters. The average Bonchev–Trinajstić information content (AvgIpc) is 3.52. The van der Waals surface area contributed by atoms with Gasteiger partial charge in [-0.3, -0.25) is 19.7 Å².